The Morgan fingerprint density at radius 3 is 2.68 bits per heavy atom. The number of halogens is 3. The van der Waals surface area contributed by atoms with E-state index < -0.39 is 18.8 Å². The molecule has 0 aliphatic carbocycles. The van der Waals surface area contributed by atoms with E-state index in [-0.39, 0.29) is 6.73 Å². The van der Waals surface area contributed by atoms with Crippen molar-refractivity contribution in [1.82, 2.24) is 14.5 Å². The molecule has 2 aromatic heterocycles. The molecular weight excluding hydrogens is 377 g/mol. The molecule has 0 atom stereocenters. The molecule has 2 heterocycles. The number of carbonyl (C=O) groups excluding carboxylic acids is 1. The van der Waals surface area contributed by atoms with Crippen LogP contribution >= 0.6 is 0 Å². The van der Waals surface area contributed by atoms with Gasteiger partial charge in [0.05, 0.1) is 5.39 Å². The standard InChI is InChI=1S/C18H17F3N4O3/c1-24(2)15-14-13(7-25(10-26)16(14)23-9-22-15)12-5-3-4-11(6-12)8-28-17(27)18(19,20)21/h3-7,9,26H,8,10H2,1-2H3. The van der Waals surface area contributed by atoms with E-state index in [1.807, 2.05) is 14.1 Å². The maximum atomic E-state index is 12.3. The van der Waals surface area contributed by atoms with E-state index in [0.717, 1.165) is 0 Å². The molecular formula is C18H17F3N4O3. The van der Waals surface area contributed by atoms with Crippen molar-refractivity contribution in [2.24, 2.45) is 0 Å². The lowest BCUT2D eigenvalue weighted by Crippen LogP contribution is -2.25. The largest absolute Gasteiger partial charge is 0.490 e. The summed E-state index contributed by atoms with van der Waals surface area (Å²) in [6.45, 7) is -0.814. The highest BCUT2D eigenvalue weighted by molar-refractivity contribution is 6.01. The lowest BCUT2D eigenvalue weighted by atomic mass is 10.0. The number of anilines is 1. The Bertz CT molecular complexity index is 1010. The van der Waals surface area contributed by atoms with Gasteiger partial charge in [-0.3, -0.25) is 0 Å². The number of benzene rings is 1. The third-order valence-electron chi connectivity index (χ3n) is 4.05. The Morgan fingerprint density at radius 1 is 1.29 bits per heavy atom. The number of carbonyl (C=O) groups is 1. The Morgan fingerprint density at radius 2 is 2.04 bits per heavy atom. The highest BCUT2D eigenvalue weighted by atomic mass is 19.4. The van der Waals surface area contributed by atoms with Gasteiger partial charge in [0, 0.05) is 25.9 Å². The van der Waals surface area contributed by atoms with Gasteiger partial charge >= 0.3 is 12.1 Å². The van der Waals surface area contributed by atoms with Gasteiger partial charge in [-0.15, -0.1) is 0 Å². The number of hydrogen-bond acceptors (Lipinski definition) is 6. The number of aliphatic hydroxyl groups excluding tert-OH is 1. The summed E-state index contributed by atoms with van der Waals surface area (Å²) in [4.78, 5) is 21.2. The first-order valence-electron chi connectivity index (χ1n) is 8.17. The fourth-order valence-electron chi connectivity index (χ4n) is 2.83. The van der Waals surface area contributed by atoms with Crippen molar-refractivity contribution in [2.75, 3.05) is 19.0 Å². The van der Waals surface area contributed by atoms with E-state index in [1.54, 1.807) is 35.4 Å². The molecule has 0 fully saturated rings. The quantitative estimate of drug-likeness (QED) is 0.671. The number of ether oxygens (including phenoxy) is 1. The Balaban J connectivity index is 2.02. The van der Waals surface area contributed by atoms with Gasteiger partial charge < -0.3 is 19.3 Å². The summed E-state index contributed by atoms with van der Waals surface area (Å²) in [5, 5.41) is 10.3. The Kier molecular flexibility index (Phi) is 5.23. The van der Waals surface area contributed by atoms with Crippen molar-refractivity contribution in [3.63, 3.8) is 0 Å². The Hall–Kier alpha value is -3.14. The van der Waals surface area contributed by atoms with Crippen LogP contribution in [0.3, 0.4) is 0 Å². The SMILES string of the molecule is CN(C)c1ncnc2c1c(-c1cccc(COC(=O)C(F)(F)F)c1)cn2CO. The first-order valence-corrected chi connectivity index (χ1v) is 8.17. The smallest absolute Gasteiger partial charge is 0.454 e. The predicted molar refractivity (Wildman–Crippen MR) is 95.4 cm³/mol. The fourth-order valence-corrected chi connectivity index (χ4v) is 2.83. The molecule has 10 heteroatoms. The molecule has 0 saturated heterocycles. The van der Waals surface area contributed by atoms with Crippen LogP contribution < -0.4 is 4.90 Å². The molecule has 0 aliphatic rings. The number of esters is 1. The second kappa shape index (κ2) is 7.47. The minimum Gasteiger partial charge on any atom is -0.454 e. The molecule has 148 valence electrons. The van der Waals surface area contributed by atoms with E-state index in [9.17, 15) is 23.1 Å². The molecule has 0 bridgehead atoms. The monoisotopic (exact) mass is 394 g/mol. The molecule has 0 saturated carbocycles. The van der Waals surface area contributed by atoms with Crippen LogP contribution in [0.1, 0.15) is 5.56 Å². The summed E-state index contributed by atoms with van der Waals surface area (Å²) in [6.07, 6.45) is -1.96. The van der Waals surface area contributed by atoms with E-state index >= 15 is 0 Å². The number of nitrogens with zero attached hydrogens (tertiary/aromatic N) is 4. The number of rotatable bonds is 5. The normalized spacial score (nSPS) is 11.6. The van der Waals surface area contributed by atoms with Crippen molar-refractivity contribution in [2.45, 2.75) is 19.5 Å². The van der Waals surface area contributed by atoms with Crippen LogP contribution in [-0.4, -0.2) is 45.9 Å². The summed E-state index contributed by atoms with van der Waals surface area (Å²) < 4.78 is 42.8. The molecule has 7 nitrogen and oxygen atoms in total. The molecule has 0 radical (unpaired) electrons. The molecule has 28 heavy (non-hydrogen) atoms. The van der Waals surface area contributed by atoms with Gasteiger partial charge in [-0.25, -0.2) is 14.8 Å². The van der Waals surface area contributed by atoms with Crippen LogP contribution in [0.5, 0.6) is 0 Å². The lowest BCUT2D eigenvalue weighted by molar-refractivity contribution is -0.201. The van der Waals surface area contributed by atoms with E-state index in [1.165, 1.54) is 10.9 Å². The second-order valence-electron chi connectivity index (χ2n) is 6.22. The third kappa shape index (κ3) is 3.77. The molecule has 1 N–H and O–H groups in total. The van der Waals surface area contributed by atoms with Crippen LogP contribution in [0.4, 0.5) is 19.0 Å². The molecule has 0 spiro atoms. The minimum atomic E-state index is -5.04. The zero-order valence-corrected chi connectivity index (χ0v) is 15.1. The third-order valence-corrected chi connectivity index (χ3v) is 4.05. The van der Waals surface area contributed by atoms with Crippen molar-refractivity contribution >= 4 is 22.8 Å². The number of aromatic nitrogens is 3. The Labute approximate surface area is 158 Å². The van der Waals surface area contributed by atoms with E-state index in [0.29, 0.717) is 33.5 Å². The predicted octanol–water partition coefficient (Wildman–Crippen LogP) is 2.72. The molecule has 1 aromatic carbocycles. The first kappa shape index (κ1) is 19.6. The lowest BCUT2D eigenvalue weighted by Gasteiger charge is -2.13. The van der Waals surface area contributed by atoms with Crippen molar-refractivity contribution < 1.29 is 27.8 Å². The van der Waals surface area contributed by atoms with Gasteiger partial charge in [0.15, 0.2) is 0 Å². The van der Waals surface area contributed by atoms with Gasteiger partial charge in [0.25, 0.3) is 0 Å². The van der Waals surface area contributed by atoms with Crippen LogP contribution in [-0.2, 0) is 22.9 Å². The zero-order chi connectivity index (χ0) is 20.5. The molecule has 0 amide bonds. The summed E-state index contributed by atoms with van der Waals surface area (Å²) in [5.74, 6) is -1.61. The van der Waals surface area contributed by atoms with Crippen LogP contribution in [0, 0.1) is 0 Å². The van der Waals surface area contributed by atoms with Gasteiger partial charge in [0.1, 0.15) is 31.1 Å². The van der Waals surface area contributed by atoms with Gasteiger partial charge in [0.2, 0.25) is 0 Å². The average molecular weight is 394 g/mol. The molecule has 0 aliphatic heterocycles. The summed E-state index contributed by atoms with van der Waals surface area (Å²) >= 11 is 0. The number of fused-ring (bicyclic) bond motifs is 1. The van der Waals surface area contributed by atoms with Crippen LogP contribution in [0.25, 0.3) is 22.2 Å². The number of alkyl halides is 3. The van der Waals surface area contributed by atoms with Crippen molar-refractivity contribution in [1.29, 1.82) is 0 Å². The zero-order valence-electron chi connectivity index (χ0n) is 15.1. The van der Waals surface area contributed by atoms with E-state index in [4.69, 9.17) is 0 Å². The van der Waals surface area contributed by atoms with Crippen LogP contribution in [0.15, 0.2) is 36.8 Å². The summed E-state index contributed by atoms with van der Waals surface area (Å²) in [7, 11) is 3.63. The minimum absolute atomic E-state index is 0.302. The highest BCUT2D eigenvalue weighted by Crippen LogP contribution is 2.35. The maximum absolute atomic E-state index is 12.3. The van der Waals surface area contributed by atoms with Gasteiger partial charge in [-0.05, 0) is 17.2 Å². The van der Waals surface area contributed by atoms with Crippen molar-refractivity contribution in [3.05, 3.63) is 42.4 Å². The molecule has 0 unspecified atom stereocenters. The fraction of sp³-hybridized carbons (Fsp3) is 0.278. The number of hydrogen-bond donors (Lipinski definition) is 1. The summed E-state index contributed by atoms with van der Waals surface area (Å²) in [6, 6.07) is 6.58. The molecule has 3 rings (SSSR count). The summed E-state index contributed by atoms with van der Waals surface area (Å²) in [5.41, 5.74) is 2.27. The number of aliphatic hydroxyl groups is 1. The maximum Gasteiger partial charge on any atom is 0.490 e. The van der Waals surface area contributed by atoms with E-state index in [2.05, 4.69) is 14.7 Å². The second-order valence-corrected chi connectivity index (χ2v) is 6.22. The van der Waals surface area contributed by atoms with Gasteiger partial charge in [-0.2, -0.15) is 13.2 Å². The molecule has 3 aromatic rings. The first-order chi connectivity index (χ1) is 13.2. The topological polar surface area (TPSA) is 80.5 Å². The highest BCUT2D eigenvalue weighted by Gasteiger charge is 2.40. The van der Waals surface area contributed by atoms with Gasteiger partial charge in [-0.1, -0.05) is 18.2 Å². The van der Waals surface area contributed by atoms with Crippen molar-refractivity contribution in [3.8, 4) is 11.1 Å². The average Bonchev–Trinajstić information content (AvgIpc) is 3.04. The van der Waals surface area contributed by atoms with Crippen LogP contribution in [0.2, 0.25) is 0 Å².